The number of para-hydroxylation sites is 2. The monoisotopic (exact) mass is 300 g/mol. The average molecular weight is 300 g/mol. The zero-order valence-electron chi connectivity index (χ0n) is 13.5. The molecule has 0 bridgehead atoms. The molecule has 0 aliphatic rings. The molecule has 1 aromatic carbocycles. The molecule has 2 aromatic rings. The maximum Gasteiger partial charge on any atom is 0.224 e. The van der Waals surface area contributed by atoms with E-state index < -0.39 is 0 Å². The van der Waals surface area contributed by atoms with Gasteiger partial charge in [0.25, 0.3) is 0 Å². The van der Waals surface area contributed by atoms with Crippen LogP contribution in [0.1, 0.15) is 31.9 Å². The number of nitrogens with zero attached hydrogens (tertiary/aromatic N) is 2. The Kier molecular flexibility index (Phi) is 6.01. The van der Waals surface area contributed by atoms with E-state index in [4.69, 9.17) is 4.74 Å². The second-order valence-corrected chi connectivity index (χ2v) is 5.18. The predicted octanol–water partition coefficient (Wildman–Crippen LogP) is 4.14. The fraction of sp³-hybridized carbons (Fsp3) is 0.412. The number of aryl methyl sites for hydroxylation is 1. The minimum Gasteiger partial charge on any atom is -0.495 e. The Hall–Kier alpha value is -2.30. The summed E-state index contributed by atoms with van der Waals surface area (Å²) in [6.07, 6.45) is 3.55. The highest BCUT2D eigenvalue weighted by atomic mass is 16.5. The van der Waals surface area contributed by atoms with Crippen molar-refractivity contribution in [1.82, 2.24) is 9.97 Å². The van der Waals surface area contributed by atoms with Crippen LogP contribution in [-0.2, 0) is 0 Å². The van der Waals surface area contributed by atoms with Crippen LogP contribution in [0.25, 0.3) is 0 Å². The third-order valence-corrected chi connectivity index (χ3v) is 3.29. The molecule has 0 atom stereocenters. The standard InChI is InChI=1S/C17H24N4O/c1-4-5-8-11-18-17-19-13(2)12-16(21-17)20-14-9-6-7-10-15(14)22-3/h6-7,9-10,12H,4-5,8,11H2,1-3H3,(H2,18,19,20,21). The highest BCUT2D eigenvalue weighted by Gasteiger charge is 2.05. The number of hydrogen-bond acceptors (Lipinski definition) is 5. The average Bonchev–Trinajstić information content (AvgIpc) is 2.52. The molecule has 1 heterocycles. The molecule has 5 nitrogen and oxygen atoms in total. The Morgan fingerprint density at radius 1 is 1.14 bits per heavy atom. The van der Waals surface area contributed by atoms with E-state index in [9.17, 15) is 0 Å². The van der Waals surface area contributed by atoms with Gasteiger partial charge in [-0.2, -0.15) is 4.98 Å². The van der Waals surface area contributed by atoms with Crippen molar-refractivity contribution < 1.29 is 4.74 Å². The van der Waals surface area contributed by atoms with Gasteiger partial charge in [-0.25, -0.2) is 4.98 Å². The highest BCUT2D eigenvalue weighted by molar-refractivity contribution is 5.64. The molecule has 2 N–H and O–H groups in total. The van der Waals surface area contributed by atoms with Gasteiger partial charge < -0.3 is 15.4 Å². The lowest BCUT2D eigenvalue weighted by Gasteiger charge is -2.12. The summed E-state index contributed by atoms with van der Waals surface area (Å²) in [5.41, 5.74) is 1.81. The van der Waals surface area contributed by atoms with Gasteiger partial charge in [0.05, 0.1) is 12.8 Å². The lowest BCUT2D eigenvalue weighted by atomic mass is 10.2. The van der Waals surface area contributed by atoms with E-state index in [-0.39, 0.29) is 0 Å². The summed E-state index contributed by atoms with van der Waals surface area (Å²) in [6.45, 7) is 5.05. The first-order valence-electron chi connectivity index (χ1n) is 7.72. The molecule has 0 fully saturated rings. The van der Waals surface area contributed by atoms with Gasteiger partial charge in [0, 0.05) is 18.3 Å². The van der Waals surface area contributed by atoms with Crippen molar-refractivity contribution in [2.75, 3.05) is 24.3 Å². The zero-order chi connectivity index (χ0) is 15.8. The van der Waals surface area contributed by atoms with Gasteiger partial charge >= 0.3 is 0 Å². The first kappa shape index (κ1) is 16.1. The molecule has 0 saturated heterocycles. The highest BCUT2D eigenvalue weighted by Crippen LogP contribution is 2.26. The van der Waals surface area contributed by atoms with Crippen LogP contribution in [0, 0.1) is 6.92 Å². The van der Waals surface area contributed by atoms with Crippen molar-refractivity contribution in [3.8, 4) is 5.75 Å². The summed E-state index contributed by atoms with van der Waals surface area (Å²) in [6, 6.07) is 9.70. The number of aromatic nitrogens is 2. The van der Waals surface area contributed by atoms with Gasteiger partial charge in [0.1, 0.15) is 11.6 Å². The van der Waals surface area contributed by atoms with Crippen LogP contribution < -0.4 is 15.4 Å². The normalized spacial score (nSPS) is 10.3. The number of unbranched alkanes of at least 4 members (excludes halogenated alkanes) is 2. The summed E-state index contributed by atoms with van der Waals surface area (Å²) in [5.74, 6) is 2.21. The lowest BCUT2D eigenvalue weighted by Crippen LogP contribution is -2.07. The van der Waals surface area contributed by atoms with Gasteiger partial charge in [-0.1, -0.05) is 31.9 Å². The van der Waals surface area contributed by atoms with Crippen molar-refractivity contribution in [2.24, 2.45) is 0 Å². The molecule has 0 amide bonds. The maximum absolute atomic E-state index is 5.35. The van der Waals surface area contributed by atoms with E-state index in [0.717, 1.165) is 35.9 Å². The molecule has 0 radical (unpaired) electrons. The van der Waals surface area contributed by atoms with Crippen molar-refractivity contribution in [3.63, 3.8) is 0 Å². The van der Waals surface area contributed by atoms with Crippen LogP contribution in [-0.4, -0.2) is 23.6 Å². The van der Waals surface area contributed by atoms with Crippen molar-refractivity contribution in [1.29, 1.82) is 0 Å². The largest absolute Gasteiger partial charge is 0.495 e. The summed E-state index contributed by atoms with van der Waals surface area (Å²) in [4.78, 5) is 8.94. The van der Waals surface area contributed by atoms with Gasteiger partial charge in [0.2, 0.25) is 5.95 Å². The van der Waals surface area contributed by atoms with Crippen LogP contribution in [0.4, 0.5) is 17.5 Å². The molecular formula is C17H24N4O. The smallest absolute Gasteiger partial charge is 0.224 e. The summed E-state index contributed by atoms with van der Waals surface area (Å²) >= 11 is 0. The number of rotatable bonds is 8. The second kappa shape index (κ2) is 8.22. The minimum absolute atomic E-state index is 0.661. The number of anilines is 3. The van der Waals surface area contributed by atoms with E-state index in [2.05, 4.69) is 27.5 Å². The Bertz CT molecular complexity index is 601. The summed E-state index contributed by atoms with van der Waals surface area (Å²) in [7, 11) is 1.66. The molecule has 0 aliphatic carbocycles. The first-order valence-corrected chi connectivity index (χ1v) is 7.72. The van der Waals surface area contributed by atoms with Gasteiger partial charge in [-0.3, -0.25) is 0 Å². The number of nitrogens with one attached hydrogen (secondary N) is 2. The summed E-state index contributed by atoms with van der Waals surface area (Å²) < 4.78 is 5.35. The quantitative estimate of drug-likeness (QED) is 0.718. The van der Waals surface area contributed by atoms with Crippen LogP contribution in [0.5, 0.6) is 5.75 Å². The third kappa shape index (κ3) is 4.62. The first-order chi connectivity index (χ1) is 10.7. The molecule has 0 saturated carbocycles. The van der Waals surface area contributed by atoms with Crippen molar-refractivity contribution in [3.05, 3.63) is 36.0 Å². The van der Waals surface area contributed by atoms with Gasteiger partial charge in [-0.15, -0.1) is 0 Å². The molecule has 0 spiro atoms. The third-order valence-electron chi connectivity index (χ3n) is 3.29. The Morgan fingerprint density at radius 3 is 2.73 bits per heavy atom. The maximum atomic E-state index is 5.35. The Labute approximate surface area is 132 Å². The molecule has 1 aromatic heterocycles. The fourth-order valence-corrected chi connectivity index (χ4v) is 2.17. The predicted molar refractivity (Wildman–Crippen MR) is 91.1 cm³/mol. The molecule has 22 heavy (non-hydrogen) atoms. The fourth-order valence-electron chi connectivity index (χ4n) is 2.17. The van der Waals surface area contributed by atoms with Crippen LogP contribution in [0.15, 0.2) is 30.3 Å². The van der Waals surface area contributed by atoms with E-state index in [0.29, 0.717) is 5.95 Å². The van der Waals surface area contributed by atoms with Gasteiger partial charge in [-0.05, 0) is 25.5 Å². The summed E-state index contributed by atoms with van der Waals surface area (Å²) in [5, 5.41) is 6.57. The van der Waals surface area contributed by atoms with Crippen LogP contribution in [0.3, 0.4) is 0 Å². The number of methoxy groups -OCH3 is 1. The van der Waals surface area contributed by atoms with E-state index in [1.165, 1.54) is 12.8 Å². The molecule has 2 rings (SSSR count). The lowest BCUT2D eigenvalue weighted by molar-refractivity contribution is 0.417. The SMILES string of the molecule is CCCCCNc1nc(C)cc(Nc2ccccc2OC)n1. The number of ether oxygens (including phenoxy) is 1. The Morgan fingerprint density at radius 2 is 1.95 bits per heavy atom. The van der Waals surface area contributed by atoms with E-state index >= 15 is 0 Å². The van der Waals surface area contributed by atoms with Crippen molar-refractivity contribution >= 4 is 17.5 Å². The Balaban J connectivity index is 2.09. The van der Waals surface area contributed by atoms with E-state index in [1.54, 1.807) is 7.11 Å². The van der Waals surface area contributed by atoms with Crippen LogP contribution >= 0.6 is 0 Å². The second-order valence-electron chi connectivity index (χ2n) is 5.18. The number of hydrogen-bond donors (Lipinski definition) is 2. The van der Waals surface area contributed by atoms with E-state index in [1.807, 2.05) is 37.3 Å². The molecule has 0 aliphatic heterocycles. The van der Waals surface area contributed by atoms with Gasteiger partial charge in [0.15, 0.2) is 0 Å². The zero-order valence-corrected chi connectivity index (χ0v) is 13.5. The molecule has 0 unspecified atom stereocenters. The molecule has 5 heteroatoms. The van der Waals surface area contributed by atoms with Crippen LogP contribution in [0.2, 0.25) is 0 Å². The number of benzene rings is 1. The topological polar surface area (TPSA) is 59.1 Å². The molecular weight excluding hydrogens is 276 g/mol. The van der Waals surface area contributed by atoms with Crippen molar-refractivity contribution in [2.45, 2.75) is 33.1 Å². The minimum atomic E-state index is 0.661. The molecule has 118 valence electrons.